The van der Waals surface area contributed by atoms with Gasteiger partial charge in [-0.3, -0.25) is 4.79 Å². The molecule has 0 spiro atoms. The molecule has 0 saturated heterocycles. The lowest BCUT2D eigenvalue weighted by Crippen LogP contribution is -2.38. The molecule has 0 aliphatic rings. The number of hydrogen-bond donors (Lipinski definition) is 1. The van der Waals surface area contributed by atoms with E-state index < -0.39 is 6.10 Å². The van der Waals surface area contributed by atoms with Crippen LogP contribution in [0.15, 0.2) is 54.6 Å². The van der Waals surface area contributed by atoms with Gasteiger partial charge >= 0.3 is 0 Å². The number of carbonyl (C=O) groups is 1. The Hall–Kier alpha value is -2.00. The molecule has 4 heteroatoms. The summed E-state index contributed by atoms with van der Waals surface area (Å²) in [6, 6.07) is 17.1. The third kappa shape index (κ3) is 4.78. The Kier molecular flexibility index (Phi) is 5.84. The summed E-state index contributed by atoms with van der Waals surface area (Å²) in [5.41, 5.74) is 1.20. The van der Waals surface area contributed by atoms with Crippen LogP contribution >= 0.6 is 11.6 Å². The summed E-state index contributed by atoms with van der Waals surface area (Å²) in [7, 11) is 0. The van der Waals surface area contributed by atoms with E-state index >= 15 is 0 Å². The second-order valence-electron chi connectivity index (χ2n) is 5.27. The molecule has 0 heterocycles. The number of benzene rings is 2. The summed E-state index contributed by atoms with van der Waals surface area (Å²) in [6.45, 7) is 4.38. The monoisotopic (exact) mass is 317 g/mol. The zero-order valence-electron chi connectivity index (χ0n) is 12.8. The van der Waals surface area contributed by atoms with Crippen molar-refractivity contribution in [2.24, 2.45) is 0 Å². The fraction of sp³-hybridized carbons (Fsp3) is 0.278. The Morgan fingerprint density at radius 1 is 1.14 bits per heavy atom. The number of amides is 1. The molecule has 2 rings (SSSR count). The van der Waals surface area contributed by atoms with E-state index in [4.69, 9.17) is 16.3 Å². The third-order valence-electron chi connectivity index (χ3n) is 3.43. The predicted octanol–water partition coefficient (Wildman–Crippen LogP) is 4.03. The van der Waals surface area contributed by atoms with Crippen LogP contribution in [0.5, 0.6) is 5.75 Å². The number of nitrogens with one attached hydrogen (secondary N) is 1. The molecule has 0 unspecified atom stereocenters. The Balaban J connectivity index is 1.84. The van der Waals surface area contributed by atoms with E-state index in [9.17, 15) is 4.79 Å². The summed E-state index contributed by atoms with van der Waals surface area (Å²) >= 11 is 5.90. The van der Waals surface area contributed by atoms with Gasteiger partial charge in [0.1, 0.15) is 5.75 Å². The number of carbonyl (C=O) groups excluding carboxylic acids is 1. The van der Waals surface area contributed by atoms with Crippen LogP contribution in [-0.4, -0.2) is 18.6 Å². The first kappa shape index (κ1) is 16.4. The topological polar surface area (TPSA) is 38.3 Å². The fourth-order valence-electron chi connectivity index (χ4n) is 2.09. The summed E-state index contributed by atoms with van der Waals surface area (Å²) in [5, 5.41) is 3.50. The van der Waals surface area contributed by atoms with Crippen molar-refractivity contribution in [2.75, 3.05) is 6.54 Å². The van der Waals surface area contributed by atoms with Gasteiger partial charge in [0.05, 0.1) is 0 Å². The number of rotatable bonds is 6. The molecular formula is C18H20ClNO2. The van der Waals surface area contributed by atoms with Gasteiger partial charge in [-0.25, -0.2) is 0 Å². The van der Waals surface area contributed by atoms with Gasteiger partial charge in [-0.1, -0.05) is 54.9 Å². The Labute approximate surface area is 136 Å². The Morgan fingerprint density at radius 3 is 2.55 bits per heavy atom. The lowest BCUT2D eigenvalue weighted by Gasteiger charge is -2.17. The van der Waals surface area contributed by atoms with Crippen molar-refractivity contribution in [3.05, 3.63) is 65.2 Å². The highest BCUT2D eigenvalue weighted by Gasteiger charge is 2.15. The summed E-state index contributed by atoms with van der Waals surface area (Å²) < 4.78 is 5.60. The molecule has 0 radical (unpaired) electrons. The zero-order valence-corrected chi connectivity index (χ0v) is 13.5. The number of ether oxygens (including phenoxy) is 1. The highest BCUT2D eigenvalue weighted by molar-refractivity contribution is 6.30. The van der Waals surface area contributed by atoms with E-state index in [1.165, 1.54) is 5.56 Å². The maximum atomic E-state index is 12.1. The van der Waals surface area contributed by atoms with Gasteiger partial charge < -0.3 is 10.1 Å². The maximum Gasteiger partial charge on any atom is 0.260 e. The zero-order chi connectivity index (χ0) is 15.9. The summed E-state index contributed by atoms with van der Waals surface area (Å²) in [5.74, 6) is 0.706. The molecule has 2 atom stereocenters. The van der Waals surface area contributed by atoms with E-state index in [0.717, 1.165) is 0 Å². The maximum absolute atomic E-state index is 12.1. The second-order valence-corrected chi connectivity index (χ2v) is 5.71. The molecule has 116 valence electrons. The molecule has 0 aromatic heterocycles. The van der Waals surface area contributed by atoms with Gasteiger partial charge in [0.2, 0.25) is 0 Å². The predicted molar refractivity (Wildman–Crippen MR) is 89.4 cm³/mol. The van der Waals surface area contributed by atoms with Crippen molar-refractivity contribution in [3.8, 4) is 5.75 Å². The smallest absolute Gasteiger partial charge is 0.260 e. The minimum Gasteiger partial charge on any atom is -0.481 e. The van der Waals surface area contributed by atoms with Crippen molar-refractivity contribution >= 4 is 17.5 Å². The van der Waals surface area contributed by atoms with Crippen molar-refractivity contribution in [3.63, 3.8) is 0 Å². The Bertz CT molecular complexity index is 615. The second kappa shape index (κ2) is 7.85. The van der Waals surface area contributed by atoms with Gasteiger partial charge in [-0.05, 0) is 36.6 Å². The van der Waals surface area contributed by atoms with E-state index in [2.05, 4.69) is 24.4 Å². The molecule has 2 aromatic carbocycles. The molecule has 0 aliphatic heterocycles. The largest absolute Gasteiger partial charge is 0.481 e. The van der Waals surface area contributed by atoms with Crippen molar-refractivity contribution in [1.29, 1.82) is 0 Å². The van der Waals surface area contributed by atoms with E-state index in [1.54, 1.807) is 31.2 Å². The molecule has 0 fully saturated rings. The van der Waals surface area contributed by atoms with Gasteiger partial charge in [0, 0.05) is 11.6 Å². The average molecular weight is 318 g/mol. The highest BCUT2D eigenvalue weighted by Crippen LogP contribution is 2.18. The average Bonchev–Trinajstić information content (AvgIpc) is 2.53. The van der Waals surface area contributed by atoms with Crippen LogP contribution in [0.1, 0.15) is 25.3 Å². The molecule has 0 bridgehead atoms. The quantitative estimate of drug-likeness (QED) is 0.873. The number of halogens is 1. The molecule has 0 aliphatic carbocycles. The van der Waals surface area contributed by atoms with E-state index in [-0.39, 0.29) is 11.8 Å². The van der Waals surface area contributed by atoms with E-state index in [0.29, 0.717) is 17.3 Å². The van der Waals surface area contributed by atoms with Crippen LogP contribution < -0.4 is 10.1 Å². The van der Waals surface area contributed by atoms with Crippen LogP contribution in [0.2, 0.25) is 5.02 Å². The molecule has 22 heavy (non-hydrogen) atoms. The minimum atomic E-state index is -0.568. The van der Waals surface area contributed by atoms with Crippen LogP contribution in [-0.2, 0) is 4.79 Å². The van der Waals surface area contributed by atoms with Crippen LogP contribution in [0.25, 0.3) is 0 Å². The SMILES string of the molecule is C[C@H](Oc1cccc(Cl)c1)C(=O)NC[C@H](C)c1ccccc1. The molecule has 1 N–H and O–H groups in total. The fourth-order valence-corrected chi connectivity index (χ4v) is 2.28. The Morgan fingerprint density at radius 2 is 1.86 bits per heavy atom. The van der Waals surface area contributed by atoms with Crippen LogP contribution in [0, 0.1) is 0 Å². The molecule has 2 aromatic rings. The van der Waals surface area contributed by atoms with E-state index in [1.807, 2.05) is 18.2 Å². The van der Waals surface area contributed by atoms with Gasteiger partial charge in [-0.15, -0.1) is 0 Å². The van der Waals surface area contributed by atoms with Crippen LogP contribution in [0.3, 0.4) is 0 Å². The lowest BCUT2D eigenvalue weighted by molar-refractivity contribution is -0.127. The molecule has 3 nitrogen and oxygen atoms in total. The van der Waals surface area contributed by atoms with Crippen molar-refractivity contribution < 1.29 is 9.53 Å². The van der Waals surface area contributed by atoms with Gasteiger partial charge in [0.15, 0.2) is 6.10 Å². The van der Waals surface area contributed by atoms with Gasteiger partial charge in [0.25, 0.3) is 5.91 Å². The molecular weight excluding hydrogens is 298 g/mol. The van der Waals surface area contributed by atoms with Crippen molar-refractivity contribution in [1.82, 2.24) is 5.32 Å². The molecule has 1 amide bonds. The minimum absolute atomic E-state index is 0.136. The first-order valence-electron chi connectivity index (χ1n) is 7.31. The standard InChI is InChI=1S/C18H20ClNO2/c1-13(15-7-4-3-5-8-15)12-20-18(21)14(2)22-17-10-6-9-16(19)11-17/h3-11,13-14H,12H2,1-2H3,(H,20,21)/t13-,14-/m0/s1. The van der Waals surface area contributed by atoms with Gasteiger partial charge in [-0.2, -0.15) is 0 Å². The highest BCUT2D eigenvalue weighted by atomic mass is 35.5. The third-order valence-corrected chi connectivity index (χ3v) is 3.66. The number of hydrogen-bond acceptors (Lipinski definition) is 2. The van der Waals surface area contributed by atoms with Crippen molar-refractivity contribution in [2.45, 2.75) is 25.9 Å². The van der Waals surface area contributed by atoms with Crippen LogP contribution in [0.4, 0.5) is 0 Å². The first-order chi connectivity index (χ1) is 10.6. The first-order valence-corrected chi connectivity index (χ1v) is 7.69. The lowest BCUT2D eigenvalue weighted by atomic mass is 10.0. The summed E-state index contributed by atoms with van der Waals surface area (Å²) in [6.07, 6.45) is -0.568. The summed E-state index contributed by atoms with van der Waals surface area (Å²) in [4.78, 5) is 12.1. The normalized spacial score (nSPS) is 13.2. The molecule has 0 saturated carbocycles.